The summed E-state index contributed by atoms with van der Waals surface area (Å²) in [4.78, 5) is 46.8. The molecule has 8 nitrogen and oxygen atoms in total. The molecule has 0 aliphatic rings. The van der Waals surface area contributed by atoms with Gasteiger partial charge in [0.2, 0.25) is 5.91 Å². The standard InChI is InChI=1S/C20H20ClN3O5/c21-16-8-6-15(7-9-16)20(28)24-23-18(26)13-29-19(27)11-10-17(25)22-12-14-4-2-1-3-5-14/h1-9H,10-13H2,(H,22,25)(H,23,26)(H,24,28). The third-order valence-electron chi connectivity index (χ3n) is 3.67. The van der Waals surface area contributed by atoms with E-state index in [0.29, 0.717) is 17.1 Å². The molecular formula is C20H20ClN3O5. The van der Waals surface area contributed by atoms with Crippen molar-refractivity contribution >= 4 is 35.3 Å². The first-order valence-corrected chi connectivity index (χ1v) is 9.13. The van der Waals surface area contributed by atoms with Gasteiger partial charge in [0.1, 0.15) is 0 Å². The Hall–Kier alpha value is -3.39. The molecule has 0 heterocycles. The summed E-state index contributed by atoms with van der Waals surface area (Å²) in [5.41, 5.74) is 5.56. The van der Waals surface area contributed by atoms with Gasteiger partial charge in [-0.3, -0.25) is 30.0 Å². The maximum Gasteiger partial charge on any atom is 0.306 e. The van der Waals surface area contributed by atoms with Gasteiger partial charge in [-0.05, 0) is 29.8 Å². The zero-order valence-corrected chi connectivity index (χ0v) is 16.2. The lowest BCUT2D eigenvalue weighted by molar-refractivity contribution is -0.149. The van der Waals surface area contributed by atoms with Crippen molar-refractivity contribution < 1.29 is 23.9 Å². The molecule has 0 saturated heterocycles. The minimum absolute atomic E-state index is 0.0550. The number of carbonyl (C=O) groups excluding carboxylic acids is 4. The Morgan fingerprint density at radius 1 is 0.828 bits per heavy atom. The fraction of sp³-hybridized carbons (Fsp3) is 0.200. The van der Waals surface area contributed by atoms with E-state index in [1.807, 2.05) is 30.3 Å². The highest BCUT2D eigenvalue weighted by Crippen LogP contribution is 2.09. The Labute approximate surface area is 172 Å². The van der Waals surface area contributed by atoms with Gasteiger partial charge < -0.3 is 10.1 Å². The SMILES string of the molecule is O=C(CCC(=O)OCC(=O)NNC(=O)c1ccc(Cl)cc1)NCc1ccccc1. The van der Waals surface area contributed by atoms with Crippen molar-refractivity contribution in [2.75, 3.05) is 6.61 Å². The van der Waals surface area contributed by atoms with E-state index in [-0.39, 0.29) is 18.7 Å². The first kappa shape index (κ1) is 21.9. The van der Waals surface area contributed by atoms with Crippen LogP contribution in [0.25, 0.3) is 0 Å². The zero-order valence-electron chi connectivity index (χ0n) is 15.4. The van der Waals surface area contributed by atoms with Crippen LogP contribution in [0.4, 0.5) is 0 Å². The minimum Gasteiger partial charge on any atom is -0.455 e. The number of carbonyl (C=O) groups is 4. The Bertz CT molecular complexity index is 856. The van der Waals surface area contributed by atoms with Crippen LogP contribution in [-0.2, 0) is 25.7 Å². The van der Waals surface area contributed by atoms with Crippen LogP contribution in [-0.4, -0.2) is 30.3 Å². The van der Waals surface area contributed by atoms with Gasteiger partial charge in [0.25, 0.3) is 11.8 Å². The molecule has 0 radical (unpaired) electrons. The molecule has 0 bridgehead atoms. The summed E-state index contributed by atoms with van der Waals surface area (Å²) in [6.45, 7) is -0.212. The quantitative estimate of drug-likeness (QED) is 0.447. The minimum atomic E-state index is -0.714. The van der Waals surface area contributed by atoms with Crippen molar-refractivity contribution in [1.82, 2.24) is 16.2 Å². The maximum atomic E-state index is 11.8. The zero-order chi connectivity index (χ0) is 21.1. The molecule has 152 valence electrons. The first-order valence-electron chi connectivity index (χ1n) is 8.75. The van der Waals surface area contributed by atoms with E-state index < -0.39 is 24.4 Å². The van der Waals surface area contributed by atoms with E-state index in [9.17, 15) is 19.2 Å². The predicted molar refractivity (Wildman–Crippen MR) is 106 cm³/mol. The number of hydrazine groups is 1. The van der Waals surface area contributed by atoms with Crippen molar-refractivity contribution in [3.63, 3.8) is 0 Å². The Balaban J connectivity index is 1.59. The molecule has 2 rings (SSSR count). The van der Waals surface area contributed by atoms with Crippen LogP contribution < -0.4 is 16.2 Å². The van der Waals surface area contributed by atoms with Gasteiger partial charge >= 0.3 is 5.97 Å². The van der Waals surface area contributed by atoms with Crippen LogP contribution in [0.1, 0.15) is 28.8 Å². The molecule has 2 aromatic rings. The van der Waals surface area contributed by atoms with Gasteiger partial charge in [0.05, 0.1) is 6.42 Å². The highest BCUT2D eigenvalue weighted by atomic mass is 35.5. The first-order chi connectivity index (χ1) is 13.9. The summed E-state index contributed by atoms with van der Waals surface area (Å²) in [6.07, 6.45) is -0.217. The smallest absolute Gasteiger partial charge is 0.306 e. The number of nitrogens with one attached hydrogen (secondary N) is 3. The van der Waals surface area contributed by atoms with Crippen molar-refractivity contribution in [2.24, 2.45) is 0 Å². The molecule has 0 spiro atoms. The van der Waals surface area contributed by atoms with E-state index in [4.69, 9.17) is 16.3 Å². The van der Waals surface area contributed by atoms with E-state index in [1.54, 1.807) is 0 Å². The molecule has 0 fully saturated rings. The van der Waals surface area contributed by atoms with Crippen LogP contribution in [0.2, 0.25) is 5.02 Å². The van der Waals surface area contributed by atoms with Crippen molar-refractivity contribution in [3.05, 3.63) is 70.7 Å². The molecule has 9 heteroatoms. The number of esters is 1. The Morgan fingerprint density at radius 2 is 1.52 bits per heavy atom. The lowest BCUT2D eigenvalue weighted by Gasteiger charge is -2.08. The Kier molecular flexibility index (Phi) is 8.65. The highest BCUT2D eigenvalue weighted by molar-refractivity contribution is 6.30. The topological polar surface area (TPSA) is 114 Å². The molecule has 3 N–H and O–H groups in total. The summed E-state index contributed by atoms with van der Waals surface area (Å²) in [5.74, 6) is -2.25. The van der Waals surface area contributed by atoms with Gasteiger partial charge in [-0.1, -0.05) is 41.9 Å². The normalized spacial score (nSPS) is 9.97. The van der Waals surface area contributed by atoms with Gasteiger partial charge in [0, 0.05) is 23.6 Å². The average Bonchev–Trinajstić information content (AvgIpc) is 2.74. The summed E-state index contributed by atoms with van der Waals surface area (Å²) in [7, 11) is 0. The fourth-order valence-corrected chi connectivity index (χ4v) is 2.28. The van der Waals surface area contributed by atoms with Crippen LogP contribution in [0.15, 0.2) is 54.6 Å². The highest BCUT2D eigenvalue weighted by Gasteiger charge is 2.12. The van der Waals surface area contributed by atoms with E-state index >= 15 is 0 Å². The van der Waals surface area contributed by atoms with E-state index in [2.05, 4.69) is 16.2 Å². The second-order valence-electron chi connectivity index (χ2n) is 5.93. The molecule has 0 atom stereocenters. The molecule has 0 aliphatic carbocycles. The van der Waals surface area contributed by atoms with Crippen LogP contribution in [0.3, 0.4) is 0 Å². The summed E-state index contributed by atoms with van der Waals surface area (Å²) >= 11 is 5.73. The predicted octanol–water partition coefficient (Wildman–Crippen LogP) is 1.74. The van der Waals surface area contributed by atoms with Crippen molar-refractivity contribution in [2.45, 2.75) is 19.4 Å². The second kappa shape index (κ2) is 11.5. The largest absolute Gasteiger partial charge is 0.455 e. The lowest BCUT2D eigenvalue weighted by Crippen LogP contribution is -2.43. The number of halogens is 1. The van der Waals surface area contributed by atoms with Crippen LogP contribution in [0, 0.1) is 0 Å². The third-order valence-corrected chi connectivity index (χ3v) is 3.93. The molecular weight excluding hydrogens is 398 g/mol. The molecule has 29 heavy (non-hydrogen) atoms. The summed E-state index contributed by atoms with van der Waals surface area (Å²) in [6, 6.07) is 15.4. The van der Waals surface area contributed by atoms with Crippen LogP contribution >= 0.6 is 11.6 Å². The molecule has 0 saturated carbocycles. The van der Waals surface area contributed by atoms with Crippen LogP contribution in [0.5, 0.6) is 0 Å². The molecule has 0 aromatic heterocycles. The monoisotopic (exact) mass is 417 g/mol. The number of amides is 3. The number of hydrogen-bond acceptors (Lipinski definition) is 5. The van der Waals surface area contributed by atoms with Crippen molar-refractivity contribution in [1.29, 1.82) is 0 Å². The van der Waals surface area contributed by atoms with Gasteiger partial charge in [0.15, 0.2) is 6.61 Å². The summed E-state index contributed by atoms with van der Waals surface area (Å²) in [5, 5.41) is 3.17. The third kappa shape index (κ3) is 8.44. The van der Waals surface area contributed by atoms with Gasteiger partial charge in [-0.25, -0.2) is 0 Å². The maximum absolute atomic E-state index is 11.8. The fourth-order valence-electron chi connectivity index (χ4n) is 2.15. The number of ether oxygens (including phenoxy) is 1. The van der Waals surface area contributed by atoms with Crippen molar-refractivity contribution in [3.8, 4) is 0 Å². The van der Waals surface area contributed by atoms with Gasteiger partial charge in [-0.15, -0.1) is 0 Å². The molecule has 0 aliphatic heterocycles. The Morgan fingerprint density at radius 3 is 2.21 bits per heavy atom. The van der Waals surface area contributed by atoms with E-state index in [1.165, 1.54) is 24.3 Å². The molecule has 3 amide bonds. The lowest BCUT2D eigenvalue weighted by atomic mass is 10.2. The number of hydrogen-bond donors (Lipinski definition) is 3. The molecule has 2 aromatic carbocycles. The number of rotatable bonds is 8. The van der Waals surface area contributed by atoms with E-state index in [0.717, 1.165) is 5.56 Å². The average molecular weight is 418 g/mol. The summed E-state index contributed by atoms with van der Waals surface area (Å²) < 4.78 is 4.77. The van der Waals surface area contributed by atoms with Gasteiger partial charge in [-0.2, -0.15) is 0 Å². The molecule has 0 unspecified atom stereocenters. The number of benzene rings is 2. The second-order valence-corrected chi connectivity index (χ2v) is 6.37.